The minimum absolute atomic E-state index is 0.111. The zero-order valence-corrected chi connectivity index (χ0v) is 17.2. The number of thiocarbonyl (C=S) groups is 1. The fraction of sp³-hybridized carbons (Fsp3) is 0.364. The molecule has 29 heavy (non-hydrogen) atoms. The predicted molar refractivity (Wildman–Crippen MR) is 114 cm³/mol. The second-order valence-electron chi connectivity index (χ2n) is 6.97. The lowest BCUT2D eigenvalue weighted by molar-refractivity contribution is -0.137. The molecule has 0 amide bonds. The van der Waals surface area contributed by atoms with Crippen LogP contribution in [-0.2, 0) is 11.2 Å². The number of carbonyl (C=O) groups is 1. The number of fused-ring (bicyclic) bond motifs is 1. The van der Waals surface area contributed by atoms with Crippen molar-refractivity contribution >= 4 is 23.2 Å². The maximum atomic E-state index is 11.0. The van der Waals surface area contributed by atoms with Crippen LogP contribution in [0.1, 0.15) is 41.9 Å². The first-order valence-electron chi connectivity index (χ1n) is 9.56. The number of aryl methyl sites for hydroxylation is 1. The summed E-state index contributed by atoms with van der Waals surface area (Å²) in [4.78, 5) is 11.3. The molecule has 1 aliphatic rings. The van der Waals surface area contributed by atoms with Crippen molar-refractivity contribution in [2.45, 2.75) is 31.6 Å². The lowest BCUT2D eigenvalue weighted by Crippen LogP contribution is -2.10. The van der Waals surface area contributed by atoms with Gasteiger partial charge in [0.15, 0.2) is 11.5 Å². The van der Waals surface area contributed by atoms with Crippen LogP contribution in [0.4, 0.5) is 0 Å². The summed E-state index contributed by atoms with van der Waals surface area (Å²) in [6.45, 7) is 0.999. The van der Waals surface area contributed by atoms with Crippen LogP contribution in [0.15, 0.2) is 36.4 Å². The maximum Gasteiger partial charge on any atom is 0.303 e. The average molecular weight is 416 g/mol. The first-order valence-corrected chi connectivity index (χ1v) is 9.97. The molecule has 154 valence electrons. The summed E-state index contributed by atoms with van der Waals surface area (Å²) in [7, 11) is 1.57. The number of methoxy groups -OCH3 is 1. The Morgan fingerprint density at radius 1 is 1.17 bits per heavy atom. The van der Waals surface area contributed by atoms with Crippen LogP contribution < -0.4 is 19.9 Å². The van der Waals surface area contributed by atoms with Crippen molar-refractivity contribution in [3.8, 4) is 17.2 Å². The molecule has 6 nitrogen and oxygen atoms in total. The standard InChI is InChI=1S/C22H25NO5S/c1-26-20-12-16(22(23)29)5-8-19(20)28-10-2-9-27-17-6-7-18-14(11-17)3-4-15(18)13-21(24)25/h5-8,11-12,15H,2-4,9-10,13H2,1H3,(H2,23,29)(H,24,25)/t15-/m0/s1. The van der Waals surface area contributed by atoms with E-state index in [0.29, 0.717) is 36.1 Å². The molecule has 2 aromatic rings. The molecule has 0 bridgehead atoms. The number of hydrogen-bond acceptors (Lipinski definition) is 5. The minimum atomic E-state index is -0.750. The van der Waals surface area contributed by atoms with Gasteiger partial charge < -0.3 is 25.1 Å². The monoisotopic (exact) mass is 415 g/mol. The Kier molecular flexibility index (Phi) is 6.93. The van der Waals surface area contributed by atoms with Gasteiger partial charge >= 0.3 is 5.97 Å². The molecule has 3 N–H and O–H groups in total. The largest absolute Gasteiger partial charge is 0.493 e. The Morgan fingerprint density at radius 2 is 1.97 bits per heavy atom. The molecule has 0 heterocycles. The molecular weight excluding hydrogens is 390 g/mol. The van der Waals surface area contributed by atoms with Crippen molar-refractivity contribution in [2.75, 3.05) is 20.3 Å². The van der Waals surface area contributed by atoms with Gasteiger partial charge in [-0.15, -0.1) is 0 Å². The molecule has 0 radical (unpaired) electrons. The van der Waals surface area contributed by atoms with Crippen LogP contribution in [-0.4, -0.2) is 36.4 Å². The van der Waals surface area contributed by atoms with Crippen molar-refractivity contribution in [2.24, 2.45) is 5.73 Å². The van der Waals surface area contributed by atoms with Gasteiger partial charge in [0, 0.05) is 12.0 Å². The molecular formula is C22H25NO5S. The van der Waals surface area contributed by atoms with Crippen LogP contribution in [0.2, 0.25) is 0 Å². The van der Waals surface area contributed by atoms with E-state index in [2.05, 4.69) is 0 Å². The van der Waals surface area contributed by atoms with Crippen LogP contribution in [0.3, 0.4) is 0 Å². The Balaban J connectivity index is 1.47. The van der Waals surface area contributed by atoms with Gasteiger partial charge in [0.25, 0.3) is 0 Å². The van der Waals surface area contributed by atoms with Gasteiger partial charge in [0.2, 0.25) is 0 Å². The predicted octanol–water partition coefficient (Wildman–Crippen LogP) is 3.68. The van der Waals surface area contributed by atoms with E-state index in [4.69, 9.17) is 37.3 Å². The van der Waals surface area contributed by atoms with Crippen molar-refractivity contribution in [1.82, 2.24) is 0 Å². The van der Waals surface area contributed by atoms with Gasteiger partial charge in [0.1, 0.15) is 10.7 Å². The summed E-state index contributed by atoms with van der Waals surface area (Å²) in [5, 5.41) is 9.02. The van der Waals surface area contributed by atoms with Gasteiger partial charge in [-0.3, -0.25) is 4.79 Å². The maximum absolute atomic E-state index is 11.0. The molecule has 0 aromatic heterocycles. The summed E-state index contributed by atoms with van der Waals surface area (Å²) in [5.74, 6) is 1.39. The van der Waals surface area contributed by atoms with Gasteiger partial charge in [-0.25, -0.2) is 0 Å². The number of benzene rings is 2. The summed E-state index contributed by atoms with van der Waals surface area (Å²) in [6, 6.07) is 11.3. The number of carboxylic acid groups (broad SMARTS) is 1. The highest BCUT2D eigenvalue weighted by molar-refractivity contribution is 7.80. The molecule has 1 aliphatic carbocycles. The summed E-state index contributed by atoms with van der Waals surface area (Å²) in [5.41, 5.74) is 8.69. The number of carboxylic acids is 1. The Labute approximate surface area is 175 Å². The third-order valence-corrected chi connectivity index (χ3v) is 5.24. The zero-order chi connectivity index (χ0) is 20.8. The molecule has 0 aliphatic heterocycles. The third kappa shape index (κ3) is 5.38. The molecule has 2 aromatic carbocycles. The van der Waals surface area contributed by atoms with E-state index in [1.54, 1.807) is 25.3 Å². The van der Waals surface area contributed by atoms with Gasteiger partial charge in [-0.05, 0) is 60.2 Å². The number of rotatable bonds is 10. The lowest BCUT2D eigenvalue weighted by atomic mass is 9.98. The van der Waals surface area contributed by atoms with Crippen LogP contribution in [0, 0.1) is 0 Å². The molecule has 3 rings (SSSR count). The highest BCUT2D eigenvalue weighted by Crippen LogP contribution is 2.37. The second kappa shape index (κ2) is 9.60. The third-order valence-electron chi connectivity index (χ3n) is 5.00. The van der Waals surface area contributed by atoms with Crippen LogP contribution in [0.25, 0.3) is 0 Å². The molecule has 0 fully saturated rings. The first kappa shape index (κ1) is 20.9. The molecule has 0 unspecified atom stereocenters. The lowest BCUT2D eigenvalue weighted by Gasteiger charge is -2.13. The molecule has 0 spiro atoms. The summed E-state index contributed by atoms with van der Waals surface area (Å²) >= 11 is 4.97. The van der Waals surface area contributed by atoms with Crippen molar-refractivity contribution in [3.63, 3.8) is 0 Å². The Hall–Kier alpha value is -2.80. The average Bonchev–Trinajstić information content (AvgIpc) is 3.09. The molecule has 7 heteroatoms. The normalized spacial score (nSPS) is 14.9. The van der Waals surface area contributed by atoms with Crippen LogP contribution >= 0.6 is 12.2 Å². The quantitative estimate of drug-likeness (QED) is 0.452. The molecule has 1 atom stereocenters. The van der Waals surface area contributed by atoms with Crippen molar-refractivity contribution in [3.05, 3.63) is 53.1 Å². The fourth-order valence-corrected chi connectivity index (χ4v) is 3.69. The summed E-state index contributed by atoms with van der Waals surface area (Å²) < 4.78 is 16.9. The Bertz CT molecular complexity index is 899. The highest BCUT2D eigenvalue weighted by atomic mass is 32.1. The van der Waals surface area contributed by atoms with Crippen molar-refractivity contribution < 1.29 is 24.1 Å². The van der Waals surface area contributed by atoms with E-state index in [0.717, 1.165) is 29.7 Å². The van der Waals surface area contributed by atoms with Crippen LogP contribution in [0.5, 0.6) is 17.2 Å². The van der Waals surface area contributed by atoms with E-state index in [1.807, 2.05) is 18.2 Å². The van der Waals surface area contributed by atoms with Crippen molar-refractivity contribution in [1.29, 1.82) is 0 Å². The van der Waals surface area contributed by atoms with E-state index in [1.165, 1.54) is 5.56 Å². The topological polar surface area (TPSA) is 91.0 Å². The number of ether oxygens (including phenoxy) is 3. The summed E-state index contributed by atoms with van der Waals surface area (Å²) in [6.07, 6.45) is 2.68. The van der Waals surface area contributed by atoms with Gasteiger partial charge in [-0.1, -0.05) is 18.3 Å². The smallest absolute Gasteiger partial charge is 0.303 e. The number of hydrogen-bond donors (Lipinski definition) is 2. The fourth-order valence-electron chi connectivity index (χ4n) is 3.57. The van der Waals surface area contributed by atoms with Gasteiger partial charge in [0.05, 0.1) is 26.7 Å². The minimum Gasteiger partial charge on any atom is -0.493 e. The molecule has 0 saturated carbocycles. The highest BCUT2D eigenvalue weighted by Gasteiger charge is 2.24. The SMILES string of the molecule is COc1cc(C(N)=S)ccc1OCCCOc1ccc2c(c1)CC[C@H]2CC(=O)O. The van der Waals surface area contributed by atoms with E-state index >= 15 is 0 Å². The zero-order valence-electron chi connectivity index (χ0n) is 16.3. The second-order valence-corrected chi connectivity index (χ2v) is 7.41. The van der Waals surface area contributed by atoms with E-state index in [-0.39, 0.29) is 12.3 Å². The number of aliphatic carboxylic acids is 1. The molecule has 0 saturated heterocycles. The van der Waals surface area contributed by atoms with E-state index in [9.17, 15) is 4.79 Å². The first-order chi connectivity index (χ1) is 14.0. The Morgan fingerprint density at radius 3 is 2.69 bits per heavy atom. The number of nitrogens with two attached hydrogens (primary N) is 1. The van der Waals surface area contributed by atoms with E-state index < -0.39 is 5.97 Å². The van der Waals surface area contributed by atoms with Gasteiger partial charge in [-0.2, -0.15) is 0 Å².